The minimum atomic E-state index is -0.0773. The molecule has 0 bridgehead atoms. The molecule has 0 saturated carbocycles. The predicted octanol–water partition coefficient (Wildman–Crippen LogP) is 3.03. The van der Waals surface area contributed by atoms with E-state index in [0.29, 0.717) is 5.70 Å². The van der Waals surface area contributed by atoms with Crippen molar-refractivity contribution in [3.8, 4) is 5.75 Å². The zero-order valence-electron chi connectivity index (χ0n) is 12.4. The molecule has 0 saturated heterocycles. The Morgan fingerprint density at radius 2 is 1.86 bits per heavy atom. The smallest absolute Gasteiger partial charge is 0.178 e. The highest BCUT2D eigenvalue weighted by molar-refractivity contribution is 6.19. The summed E-state index contributed by atoms with van der Waals surface area (Å²) in [4.78, 5) is 12.0. The van der Waals surface area contributed by atoms with E-state index in [4.69, 9.17) is 4.74 Å². The van der Waals surface area contributed by atoms with Crippen LogP contribution in [0.1, 0.15) is 12.5 Å². The Bertz CT molecular complexity index is 848. The van der Waals surface area contributed by atoms with Gasteiger partial charge in [-0.1, -0.05) is 29.5 Å². The Balaban J connectivity index is 2.09. The molecule has 2 aromatic carbocycles. The van der Waals surface area contributed by atoms with Crippen molar-refractivity contribution in [3.63, 3.8) is 0 Å². The highest BCUT2D eigenvalue weighted by Gasteiger charge is 2.12. The van der Waals surface area contributed by atoms with E-state index in [1.165, 1.54) is 6.92 Å². The summed E-state index contributed by atoms with van der Waals surface area (Å²) in [5.74, 6) is 0.694. The monoisotopic (exact) mass is 293 g/mol. The summed E-state index contributed by atoms with van der Waals surface area (Å²) in [6.45, 7) is 1.52. The molecule has 5 nitrogen and oxygen atoms in total. The van der Waals surface area contributed by atoms with Gasteiger partial charge in [-0.25, -0.2) is 4.68 Å². The number of hydrogen-bond acceptors (Lipinski definition) is 4. The second-order valence-electron chi connectivity index (χ2n) is 4.85. The van der Waals surface area contributed by atoms with E-state index in [-0.39, 0.29) is 5.78 Å². The number of carbonyl (C=O) groups is 1. The number of Topliss-reactive ketones (excluding diaryl/α,β-unsaturated/α-hetero) is 1. The molecule has 3 rings (SSSR count). The summed E-state index contributed by atoms with van der Waals surface area (Å²) < 4.78 is 6.71. The zero-order chi connectivity index (χ0) is 15.5. The van der Waals surface area contributed by atoms with Gasteiger partial charge in [-0.3, -0.25) is 4.79 Å². The molecule has 0 aliphatic heterocycles. The molecule has 3 aromatic rings. The number of rotatable bonds is 4. The van der Waals surface area contributed by atoms with Crippen LogP contribution in [0, 0.1) is 0 Å². The van der Waals surface area contributed by atoms with Gasteiger partial charge in [0, 0.05) is 6.92 Å². The van der Waals surface area contributed by atoms with E-state index >= 15 is 0 Å². The van der Waals surface area contributed by atoms with Gasteiger partial charge in [0.05, 0.1) is 12.6 Å². The lowest BCUT2D eigenvalue weighted by Gasteiger charge is -2.05. The highest BCUT2D eigenvalue weighted by atomic mass is 16.5. The van der Waals surface area contributed by atoms with E-state index < -0.39 is 0 Å². The number of aromatic nitrogens is 3. The Morgan fingerprint density at radius 1 is 1.14 bits per heavy atom. The van der Waals surface area contributed by atoms with Crippen molar-refractivity contribution in [2.24, 2.45) is 0 Å². The lowest BCUT2D eigenvalue weighted by atomic mass is 10.1. The molecule has 0 atom stereocenters. The highest BCUT2D eigenvalue weighted by Crippen LogP contribution is 2.19. The third kappa shape index (κ3) is 2.61. The first-order valence-corrected chi connectivity index (χ1v) is 6.86. The SMILES string of the molecule is COc1ccc(/C=C(/C(C)=O)n2nnc3ccccc32)cc1. The quantitative estimate of drug-likeness (QED) is 0.694. The normalized spacial score (nSPS) is 11.6. The van der Waals surface area contributed by atoms with Gasteiger partial charge in [0.1, 0.15) is 17.0 Å². The lowest BCUT2D eigenvalue weighted by molar-refractivity contribution is -0.112. The summed E-state index contributed by atoms with van der Waals surface area (Å²) in [7, 11) is 1.62. The minimum absolute atomic E-state index is 0.0773. The molecule has 22 heavy (non-hydrogen) atoms. The zero-order valence-corrected chi connectivity index (χ0v) is 12.4. The Hall–Kier alpha value is -2.95. The van der Waals surface area contributed by atoms with Gasteiger partial charge < -0.3 is 4.74 Å². The minimum Gasteiger partial charge on any atom is -0.497 e. The maximum atomic E-state index is 12.0. The number of ether oxygens (including phenoxy) is 1. The topological polar surface area (TPSA) is 57.0 Å². The van der Waals surface area contributed by atoms with Crippen LogP contribution in [0.2, 0.25) is 0 Å². The number of methoxy groups -OCH3 is 1. The van der Waals surface area contributed by atoms with E-state index in [1.807, 2.05) is 48.5 Å². The van der Waals surface area contributed by atoms with Crippen molar-refractivity contribution in [2.45, 2.75) is 6.92 Å². The average molecular weight is 293 g/mol. The summed E-state index contributed by atoms with van der Waals surface area (Å²) >= 11 is 0. The molecule has 5 heteroatoms. The van der Waals surface area contributed by atoms with E-state index in [1.54, 1.807) is 17.9 Å². The van der Waals surface area contributed by atoms with Crippen molar-refractivity contribution >= 4 is 28.6 Å². The van der Waals surface area contributed by atoms with Crippen LogP contribution in [0.25, 0.3) is 22.8 Å². The molecule has 1 heterocycles. The third-order valence-electron chi connectivity index (χ3n) is 3.36. The molecule has 0 fully saturated rings. The summed E-state index contributed by atoms with van der Waals surface area (Å²) in [5.41, 5.74) is 2.92. The first-order valence-electron chi connectivity index (χ1n) is 6.86. The molecule has 0 aliphatic carbocycles. The van der Waals surface area contributed by atoms with Crippen LogP contribution in [-0.2, 0) is 4.79 Å². The summed E-state index contributed by atoms with van der Waals surface area (Å²) in [5, 5.41) is 8.19. The van der Waals surface area contributed by atoms with Gasteiger partial charge in [-0.15, -0.1) is 5.10 Å². The molecule has 110 valence electrons. The van der Waals surface area contributed by atoms with Gasteiger partial charge in [0.15, 0.2) is 5.78 Å². The molecule has 0 radical (unpaired) electrons. The maximum Gasteiger partial charge on any atom is 0.178 e. The van der Waals surface area contributed by atoms with Crippen LogP contribution in [0.5, 0.6) is 5.75 Å². The van der Waals surface area contributed by atoms with Crippen LogP contribution in [0.4, 0.5) is 0 Å². The second kappa shape index (κ2) is 5.81. The summed E-state index contributed by atoms with van der Waals surface area (Å²) in [6, 6.07) is 15.0. The third-order valence-corrected chi connectivity index (χ3v) is 3.36. The fraction of sp³-hybridized carbons (Fsp3) is 0.118. The van der Waals surface area contributed by atoms with Gasteiger partial charge in [0.25, 0.3) is 0 Å². The number of para-hydroxylation sites is 1. The van der Waals surface area contributed by atoms with Crippen LogP contribution < -0.4 is 4.74 Å². The lowest BCUT2D eigenvalue weighted by Crippen LogP contribution is -2.07. The fourth-order valence-electron chi connectivity index (χ4n) is 2.22. The fourth-order valence-corrected chi connectivity index (χ4v) is 2.22. The van der Waals surface area contributed by atoms with Gasteiger partial charge in [0.2, 0.25) is 0 Å². The molecule has 0 spiro atoms. The van der Waals surface area contributed by atoms with Crippen LogP contribution in [0.15, 0.2) is 48.5 Å². The standard InChI is InChI=1S/C17H15N3O2/c1-12(21)17(11-13-7-9-14(22-2)10-8-13)20-16-6-4-3-5-15(16)18-19-20/h3-11H,1-2H3/b17-11-. The van der Waals surface area contributed by atoms with Crippen molar-refractivity contribution < 1.29 is 9.53 Å². The van der Waals surface area contributed by atoms with Gasteiger partial charge >= 0.3 is 0 Å². The molecular formula is C17H15N3O2. The molecule has 0 amide bonds. The Morgan fingerprint density at radius 3 is 2.55 bits per heavy atom. The molecule has 1 aromatic heterocycles. The summed E-state index contributed by atoms with van der Waals surface area (Å²) in [6.07, 6.45) is 1.79. The van der Waals surface area contributed by atoms with E-state index in [0.717, 1.165) is 22.3 Å². The van der Waals surface area contributed by atoms with Crippen molar-refractivity contribution in [1.82, 2.24) is 15.0 Å². The van der Waals surface area contributed by atoms with Crippen LogP contribution in [-0.4, -0.2) is 27.9 Å². The number of benzene rings is 2. The average Bonchev–Trinajstić information content (AvgIpc) is 2.96. The number of allylic oxidation sites excluding steroid dienone is 1. The largest absolute Gasteiger partial charge is 0.497 e. The van der Waals surface area contributed by atoms with Crippen molar-refractivity contribution in [3.05, 3.63) is 54.1 Å². The van der Waals surface area contributed by atoms with E-state index in [9.17, 15) is 4.79 Å². The number of nitrogens with zero attached hydrogens (tertiary/aromatic N) is 3. The first kappa shape index (κ1) is 14.0. The number of fused-ring (bicyclic) bond motifs is 1. The molecule has 0 unspecified atom stereocenters. The first-order chi connectivity index (χ1) is 10.7. The second-order valence-corrected chi connectivity index (χ2v) is 4.85. The van der Waals surface area contributed by atoms with Crippen molar-refractivity contribution in [1.29, 1.82) is 0 Å². The Labute approximate surface area is 127 Å². The Kier molecular flexibility index (Phi) is 3.70. The predicted molar refractivity (Wildman–Crippen MR) is 85.4 cm³/mol. The molecular weight excluding hydrogens is 278 g/mol. The maximum absolute atomic E-state index is 12.0. The number of carbonyl (C=O) groups excluding carboxylic acids is 1. The molecule has 0 aliphatic rings. The van der Waals surface area contributed by atoms with Crippen molar-refractivity contribution in [2.75, 3.05) is 7.11 Å². The van der Waals surface area contributed by atoms with E-state index in [2.05, 4.69) is 10.3 Å². The van der Waals surface area contributed by atoms with Gasteiger partial charge in [-0.05, 0) is 35.9 Å². The number of hydrogen-bond donors (Lipinski definition) is 0. The molecule has 0 N–H and O–H groups in total. The number of ketones is 1. The van der Waals surface area contributed by atoms with Gasteiger partial charge in [-0.2, -0.15) is 0 Å². The van der Waals surface area contributed by atoms with Crippen LogP contribution >= 0.6 is 0 Å². The van der Waals surface area contributed by atoms with Crippen LogP contribution in [0.3, 0.4) is 0 Å².